The van der Waals surface area contributed by atoms with Crippen molar-refractivity contribution in [1.82, 2.24) is 14.9 Å². The van der Waals surface area contributed by atoms with Crippen LogP contribution in [0, 0.1) is 19.7 Å². The van der Waals surface area contributed by atoms with Gasteiger partial charge in [-0.3, -0.25) is 4.79 Å². The van der Waals surface area contributed by atoms with Crippen molar-refractivity contribution in [3.63, 3.8) is 0 Å². The molecular formula is C32H35ClFN5O4. The molecule has 0 bridgehead atoms. The Morgan fingerprint density at radius 2 is 1.77 bits per heavy atom. The van der Waals surface area contributed by atoms with E-state index in [1.807, 2.05) is 30.9 Å². The van der Waals surface area contributed by atoms with Crippen molar-refractivity contribution < 1.29 is 23.8 Å². The molecule has 43 heavy (non-hydrogen) atoms. The summed E-state index contributed by atoms with van der Waals surface area (Å²) < 4.78 is 20.1. The molecule has 6 rings (SSSR count). The number of carbonyl (C=O) groups excluding carboxylic acids is 1. The van der Waals surface area contributed by atoms with E-state index in [1.165, 1.54) is 6.07 Å². The monoisotopic (exact) mass is 607 g/mol. The lowest BCUT2D eigenvalue weighted by molar-refractivity contribution is 0.0499. The number of aromatic carboxylic acids is 1. The summed E-state index contributed by atoms with van der Waals surface area (Å²) in [5, 5.41) is 9.61. The standard InChI is InChI=1S/C32H35ClFN5O4/c1-19-15-26(35-20(2)27(19)30(41)42)37-11-12-39(31(3,4)17-37)29(40)24-7-8-25-28(36-24)32(9-13-43-14-10-32)18-38(25)21-5-6-22(33)23(34)16-21/h5-8,15-16H,9-14,17-18H2,1-4H3,(H,41,42). The third kappa shape index (κ3) is 5.10. The maximum absolute atomic E-state index is 14.4. The summed E-state index contributed by atoms with van der Waals surface area (Å²) in [7, 11) is 0. The number of hydrogen-bond donors (Lipinski definition) is 1. The zero-order valence-corrected chi connectivity index (χ0v) is 25.5. The van der Waals surface area contributed by atoms with E-state index in [1.54, 1.807) is 32.0 Å². The highest BCUT2D eigenvalue weighted by molar-refractivity contribution is 6.30. The highest BCUT2D eigenvalue weighted by Crippen LogP contribution is 2.49. The van der Waals surface area contributed by atoms with E-state index in [0.717, 1.165) is 24.2 Å². The van der Waals surface area contributed by atoms with Gasteiger partial charge < -0.3 is 24.5 Å². The molecular weight excluding hydrogens is 573 g/mol. The summed E-state index contributed by atoms with van der Waals surface area (Å²) in [5.41, 5.74) is 3.29. The fourth-order valence-corrected chi connectivity index (χ4v) is 6.96. The van der Waals surface area contributed by atoms with Gasteiger partial charge in [0.2, 0.25) is 0 Å². The Morgan fingerprint density at radius 1 is 1.02 bits per heavy atom. The fourth-order valence-electron chi connectivity index (χ4n) is 6.84. The Morgan fingerprint density at radius 3 is 2.42 bits per heavy atom. The number of aromatic nitrogens is 2. The van der Waals surface area contributed by atoms with Gasteiger partial charge in [0, 0.05) is 50.5 Å². The number of aryl methyl sites for hydroxylation is 2. The van der Waals surface area contributed by atoms with Crippen LogP contribution >= 0.6 is 11.6 Å². The quantitative estimate of drug-likeness (QED) is 0.414. The number of nitrogens with zero attached hydrogens (tertiary/aromatic N) is 5. The third-order valence-electron chi connectivity index (χ3n) is 9.08. The number of carboxylic acids is 1. The number of benzene rings is 1. The van der Waals surface area contributed by atoms with Crippen molar-refractivity contribution in [1.29, 1.82) is 0 Å². The van der Waals surface area contributed by atoms with Crippen LogP contribution in [0.2, 0.25) is 5.02 Å². The van der Waals surface area contributed by atoms with Crippen LogP contribution in [0.4, 0.5) is 21.6 Å². The SMILES string of the molecule is Cc1cc(N2CCN(C(=O)c3ccc4c(n3)C3(CCOCC3)CN4c3ccc(Cl)c(F)c3)C(C)(C)C2)nc(C)c1C(=O)O. The molecule has 2 saturated heterocycles. The molecule has 1 N–H and O–H groups in total. The molecule has 5 heterocycles. The molecule has 0 unspecified atom stereocenters. The number of anilines is 3. The van der Waals surface area contributed by atoms with Gasteiger partial charge in [0.25, 0.3) is 5.91 Å². The van der Waals surface area contributed by atoms with Crippen LogP contribution in [0.1, 0.15) is 64.5 Å². The average Bonchev–Trinajstić information content (AvgIpc) is 3.26. The number of carboxylic acid groups (broad SMARTS) is 1. The van der Waals surface area contributed by atoms with Crippen LogP contribution in [0.5, 0.6) is 0 Å². The van der Waals surface area contributed by atoms with Crippen LogP contribution in [-0.2, 0) is 10.2 Å². The first-order chi connectivity index (χ1) is 20.4. The first-order valence-electron chi connectivity index (χ1n) is 14.5. The molecule has 0 aliphatic carbocycles. The Hall–Kier alpha value is -3.76. The van der Waals surface area contributed by atoms with Crippen molar-refractivity contribution in [3.05, 3.63) is 75.4 Å². The Kier molecular flexibility index (Phi) is 7.33. The predicted molar refractivity (Wildman–Crippen MR) is 162 cm³/mol. The second-order valence-corrected chi connectivity index (χ2v) is 12.8. The number of piperazine rings is 1. The van der Waals surface area contributed by atoms with Crippen molar-refractivity contribution >= 4 is 40.7 Å². The minimum absolute atomic E-state index is 0.0732. The zero-order valence-electron chi connectivity index (χ0n) is 24.8. The zero-order chi connectivity index (χ0) is 30.7. The minimum atomic E-state index is -0.988. The lowest BCUT2D eigenvalue weighted by Gasteiger charge is -2.47. The van der Waals surface area contributed by atoms with E-state index >= 15 is 0 Å². The molecule has 3 aromatic rings. The van der Waals surface area contributed by atoms with Crippen LogP contribution in [0.3, 0.4) is 0 Å². The second kappa shape index (κ2) is 10.7. The first-order valence-corrected chi connectivity index (χ1v) is 14.9. The highest BCUT2D eigenvalue weighted by atomic mass is 35.5. The van der Waals surface area contributed by atoms with Gasteiger partial charge in [-0.05, 0) is 82.5 Å². The predicted octanol–water partition coefficient (Wildman–Crippen LogP) is 5.53. The smallest absolute Gasteiger partial charge is 0.337 e. The number of carbonyl (C=O) groups is 2. The highest BCUT2D eigenvalue weighted by Gasteiger charge is 2.47. The van der Waals surface area contributed by atoms with Gasteiger partial charge in [-0.2, -0.15) is 0 Å². The second-order valence-electron chi connectivity index (χ2n) is 12.4. The first kappa shape index (κ1) is 29.3. The summed E-state index contributed by atoms with van der Waals surface area (Å²) in [5.74, 6) is -0.908. The lowest BCUT2D eigenvalue weighted by Crippen LogP contribution is -2.61. The van der Waals surface area contributed by atoms with Gasteiger partial charge in [-0.15, -0.1) is 0 Å². The van der Waals surface area contributed by atoms with Gasteiger partial charge in [0.1, 0.15) is 17.3 Å². The molecule has 3 aliphatic heterocycles. The van der Waals surface area contributed by atoms with E-state index in [-0.39, 0.29) is 21.9 Å². The van der Waals surface area contributed by atoms with Gasteiger partial charge in [0.15, 0.2) is 0 Å². The minimum Gasteiger partial charge on any atom is -0.478 e. The molecule has 1 amide bonds. The Bertz CT molecular complexity index is 1600. The average molecular weight is 608 g/mol. The van der Waals surface area contributed by atoms with E-state index < -0.39 is 17.3 Å². The molecule has 2 fully saturated rings. The van der Waals surface area contributed by atoms with E-state index in [4.69, 9.17) is 21.3 Å². The molecule has 11 heteroatoms. The summed E-state index contributed by atoms with van der Waals surface area (Å²) >= 11 is 5.96. The van der Waals surface area contributed by atoms with Gasteiger partial charge >= 0.3 is 5.97 Å². The molecule has 1 aromatic carbocycles. The summed E-state index contributed by atoms with van der Waals surface area (Å²) in [6.07, 6.45) is 1.52. The molecule has 1 spiro atoms. The summed E-state index contributed by atoms with van der Waals surface area (Å²) in [6.45, 7) is 10.9. The lowest BCUT2D eigenvalue weighted by atomic mass is 9.78. The van der Waals surface area contributed by atoms with Crippen molar-refractivity contribution in [2.45, 2.75) is 51.5 Å². The van der Waals surface area contributed by atoms with Crippen LogP contribution in [0.25, 0.3) is 0 Å². The molecule has 3 aliphatic rings. The number of pyridine rings is 2. The number of amides is 1. The maximum atomic E-state index is 14.4. The molecule has 226 valence electrons. The van der Waals surface area contributed by atoms with Gasteiger partial charge in [0.05, 0.1) is 33.2 Å². The number of halogens is 2. The van der Waals surface area contributed by atoms with Crippen LogP contribution < -0.4 is 9.80 Å². The molecule has 2 aromatic heterocycles. The van der Waals surface area contributed by atoms with E-state index in [9.17, 15) is 19.1 Å². The Labute approximate surface area is 255 Å². The van der Waals surface area contributed by atoms with E-state index in [0.29, 0.717) is 67.8 Å². The van der Waals surface area contributed by atoms with Gasteiger partial charge in [-0.25, -0.2) is 19.2 Å². The third-order valence-corrected chi connectivity index (χ3v) is 9.39. The molecule has 9 nitrogen and oxygen atoms in total. The number of ether oxygens (including phenoxy) is 1. The normalized spacial score (nSPS) is 19.1. The van der Waals surface area contributed by atoms with Crippen LogP contribution in [0.15, 0.2) is 36.4 Å². The molecule has 0 atom stereocenters. The topological polar surface area (TPSA) is 99.1 Å². The Balaban J connectivity index is 1.29. The molecule has 0 radical (unpaired) electrons. The van der Waals surface area contributed by atoms with Crippen molar-refractivity contribution in [2.75, 3.05) is 49.2 Å². The largest absolute Gasteiger partial charge is 0.478 e. The number of fused-ring (bicyclic) bond motifs is 2. The fraction of sp³-hybridized carbons (Fsp3) is 0.438. The van der Waals surface area contributed by atoms with Crippen molar-refractivity contribution in [3.8, 4) is 0 Å². The molecule has 0 saturated carbocycles. The maximum Gasteiger partial charge on any atom is 0.337 e. The number of hydrogen-bond acceptors (Lipinski definition) is 7. The summed E-state index contributed by atoms with van der Waals surface area (Å²) in [4.78, 5) is 41.3. The summed E-state index contributed by atoms with van der Waals surface area (Å²) in [6, 6.07) is 10.3. The van der Waals surface area contributed by atoms with Crippen molar-refractivity contribution in [2.24, 2.45) is 0 Å². The number of rotatable bonds is 4. The van der Waals surface area contributed by atoms with E-state index in [2.05, 4.69) is 14.8 Å². The van der Waals surface area contributed by atoms with Gasteiger partial charge in [-0.1, -0.05) is 11.6 Å². The van der Waals surface area contributed by atoms with Crippen LogP contribution in [-0.4, -0.2) is 76.8 Å².